The van der Waals surface area contributed by atoms with Crippen LogP contribution in [0.5, 0.6) is 23.0 Å². The molecule has 3 rings (SSSR count). The zero-order valence-corrected chi connectivity index (χ0v) is 25.3. The third-order valence-electron chi connectivity index (χ3n) is 6.87. The van der Waals surface area contributed by atoms with Gasteiger partial charge in [0.1, 0.15) is 11.5 Å². The first-order valence-electron chi connectivity index (χ1n) is 13.7. The van der Waals surface area contributed by atoms with E-state index in [-0.39, 0.29) is 48.2 Å². The molecule has 0 fully saturated rings. The number of benzene rings is 3. The van der Waals surface area contributed by atoms with Crippen molar-refractivity contribution in [2.45, 2.75) is 49.6 Å². The quantitative estimate of drug-likeness (QED) is 0.227. The highest BCUT2D eigenvalue weighted by Crippen LogP contribution is 2.34. The van der Waals surface area contributed by atoms with Gasteiger partial charge in [-0.2, -0.15) is 4.31 Å². The molecule has 1 amide bonds. The Morgan fingerprint density at radius 1 is 0.952 bits per heavy atom. The number of aryl methyl sites for hydroxylation is 1. The molecule has 3 N–H and O–H groups in total. The lowest BCUT2D eigenvalue weighted by atomic mass is 10.00. The van der Waals surface area contributed by atoms with E-state index >= 15 is 0 Å². The van der Waals surface area contributed by atoms with Crippen molar-refractivity contribution < 1.29 is 37.6 Å². The van der Waals surface area contributed by atoms with Crippen LogP contribution in [0.15, 0.2) is 71.6 Å². The minimum Gasteiger partial charge on any atom is -0.504 e. The molecule has 0 saturated carbocycles. The molecule has 0 aliphatic rings. The second-order valence-electron chi connectivity index (χ2n) is 9.81. The Morgan fingerprint density at radius 3 is 2.21 bits per heavy atom. The standard InChI is InChI=1S/C31H40N2O8S/c1-5-17-33(42(37,38)25-14-12-24(39-2)13-15-25)21-28(35)26(18-22-9-7-6-8-10-22)32-31(36)16-11-23-19-30(41-4)27(34)20-29(23)40-3/h6-10,12-15,19-20,26,28,34-35H,5,11,16-18,21H2,1-4H3,(H,32,36)/t26-,28+/m0/s1. The van der Waals surface area contributed by atoms with Crippen molar-refractivity contribution in [2.75, 3.05) is 34.4 Å². The number of aromatic hydroxyl groups is 1. The van der Waals surface area contributed by atoms with Crippen molar-refractivity contribution >= 4 is 15.9 Å². The lowest BCUT2D eigenvalue weighted by molar-refractivity contribution is -0.122. The number of amides is 1. The highest BCUT2D eigenvalue weighted by atomic mass is 32.2. The van der Waals surface area contributed by atoms with E-state index < -0.39 is 22.2 Å². The number of carbonyl (C=O) groups is 1. The van der Waals surface area contributed by atoms with Crippen molar-refractivity contribution in [3.8, 4) is 23.0 Å². The summed E-state index contributed by atoms with van der Waals surface area (Å²) < 4.78 is 43.9. The van der Waals surface area contributed by atoms with Crippen LogP contribution in [0.25, 0.3) is 0 Å². The van der Waals surface area contributed by atoms with Gasteiger partial charge in [-0.3, -0.25) is 4.79 Å². The van der Waals surface area contributed by atoms with Crippen LogP contribution in [0.3, 0.4) is 0 Å². The molecule has 0 unspecified atom stereocenters. The Balaban J connectivity index is 1.79. The molecule has 42 heavy (non-hydrogen) atoms. The predicted octanol–water partition coefficient (Wildman–Crippen LogP) is 3.54. The average molecular weight is 601 g/mol. The van der Waals surface area contributed by atoms with E-state index in [0.29, 0.717) is 29.9 Å². The number of sulfonamides is 1. The van der Waals surface area contributed by atoms with E-state index in [1.54, 1.807) is 18.2 Å². The van der Waals surface area contributed by atoms with Crippen LogP contribution in [-0.2, 0) is 27.7 Å². The minimum atomic E-state index is -3.92. The number of phenols is 1. The van der Waals surface area contributed by atoms with E-state index in [4.69, 9.17) is 14.2 Å². The Morgan fingerprint density at radius 2 is 1.62 bits per heavy atom. The van der Waals surface area contributed by atoms with E-state index in [9.17, 15) is 23.4 Å². The summed E-state index contributed by atoms with van der Waals surface area (Å²) in [6.45, 7) is 1.85. The number of hydrogen-bond donors (Lipinski definition) is 3. The molecule has 0 aliphatic carbocycles. The summed E-state index contributed by atoms with van der Waals surface area (Å²) >= 11 is 0. The van der Waals surface area contributed by atoms with Crippen LogP contribution >= 0.6 is 0 Å². The van der Waals surface area contributed by atoms with Crippen molar-refractivity contribution in [2.24, 2.45) is 0 Å². The molecule has 3 aromatic rings. The SMILES string of the molecule is CCCN(C[C@@H](O)[C@H](Cc1ccccc1)NC(=O)CCc1cc(OC)c(O)cc1OC)S(=O)(=O)c1ccc(OC)cc1. The molecule has 0 bridgehead atoms. The second kappa shape index (κ2) is 15.4. The molecule has 2 atom stereocenters. The smallest absolute Gasteiger partial charge is 0.243 e. The highest BCUT2D eigenvalue weighted by Gasteiger charge is 2.30. The van der Waals surface area contributed by atoms with Gasteiger partial charge in [-0.1, -0.05) is 37.3 Å². The topological polar surface area (TPSA) is 135 Å². The van der Waals surface area contributed by atoms with Crippen LogP contribution in [-0.4, -0.2) is 75.4 Å². The van der Waals surface area contributed by atoms with E-state index in [1.807, 2.05) is 37.3 Å². The van der Waals surface area contributed by atoms with Crippen molar-refractivity contribution in [1.29, 1.82) is 0 Å². The lowest BCUT2D eigenvalue weighted by Crippen LogP contribution is -2.50. The predicted molar refractivity (Wildman–Crippen MR) is 160 cm³/mol. The van der Waals surface area contributed by atoms with Gasteiger partial charge in [0, 0.05) is 25.6 Å². The highest BCUT2D eigenvalue weighted by molar-refractivity contribution is 7.89. The number of methoxy groups -OCH3 is 3. The molecular weight excluding hydrogens is 560 g/mol. The zero-order chi connectivity index (χ0) is 30.7. The number of nitrogens with one attached hydrogen (secondary N) is 1. The van der Waals surface area contributed by atoms with Crippen molar-refractivity contribution in [1.82, 2.24) is 9.62 Å². The summed E-state index contributed by atoms with van der Waals surface area (Å²) in [7, 11) is 0.485. The largest absolute Gasteiger partial charge is 0.504 e. The molecule has 0 aliphatic heterocycles. The van der Waals surface area contributed by atoms with Gasteiger partial charge in [0.2, 0.25) is 15.9 Å². The first kappa shape index (κ1) is 32.7. The molecule has 0 heterocycles. The lowest BCUT2D eigenvalue weighted by Gasteiger charge is -2.30. The number of aliphatic hydroxyl groups excluding tert-OH is 1. The average Bonchev–Trinajstić information content (AvgIpc) is 3.00. The molecular formula is C31H40N2O8S. The van der Waals surface area contributed by atoms with Crippen molar-refractivity contribution in [3.05, 3.63) is 77.9 Å². The normalized spacial score (nSPS) is 12.9. The number of nitrogens with zero attached hydrogens (tertiary/aromatic N) is 1. The van der Waals surface area contributed by atoms with Gasteiger partial charge in [-0.15, -0.1) is 0 Å². The fraction of sp³-hybridized carbons (Fsp3) is 0.387. The minimum absolute atomic E-state index is 0.0606. The van der Waals surface area contributed by atoms with Gasteiger partial charge < -0.3 is 29.7 Å². The molecule has 10 nitrogen and oxygen atoms in total. The molecule has 0 spiro atoms. The van der Waals surface area contributed by atoms with Gasteiger partial charge in [0.15, 0.2) is 11.5 Å². The number of carbonyl (C=O) groups excluding carboxylic acids is 1. The molecule has 11 heteroatoms. The number of aliphatic hydroxyl groups is 1. The third kappa shape index (κ3) is 8.60. The Kier molecular flexibility index (Phi) is 12.0. The number of hydrogen-bond acceptors (Lipinski definition) is 8. The molecule has 0 aromatic heterocycles. The fourth-order valence-corrected chi connectivity index (χ4v) is 6.16. The molecule has 0 saturated heterocycles. The monoisotopic (exact) mass is 600 g/mol. The van der Waals surface area contributed by atoms with Gasteiger partial charge in [-0.05, 0) is 60.7 Å². The van der Waals surface area contributed by atoms with Crippen LogP contribution < -0.4 is 19.5 Å². The molecule has 228 valence electrons. The third-order valence-corrected chi connectivity index (χ3v) is 8.75. The molecule has 3 aromatic carbocycles. The number of rotatable bonds is 16. The summed E-state index contributed by atoms with van der Waals surface area (Å²) in [5.41, 5.74) is 1.55. The van der Waals surface area contributed by atoms with Gasteiger partial charge in [-0.25, -0.2) is 8.42 Å². The maximum atomic E-state index is 13.5. The Bertz CT molecular complexity index is 1400. The van der Waals surface area contributed by atoms with Crippen LogP contribution in [0, 0.1) is 0 Å². The second-order valence-corrected chi connectivity index (χ2v) is 11.7. The Labute approximate surface area is 247 Å². The first-order chi connectivity index (χ1) is 20.1. The fourth-order valence-electron chi connectivity index (χ4n) is 4.61. The summed E-state index contributed by atoms with van der Waals surface area (Å²) in [4.78, 5) is 13.2. The van der Waals surface area contributed by atoms with E-state index in [2.05, 4.69) is 5.32 Å². The van der Waals surface area contributed by atoms with Gasteiger partial charge in [0.25, 0.3) is 0 Å². The van der Waals surface area contributed by atoms with Crippen LogP contribution in [0.4, 0.5) is 0 Å². The summed E-state index contributed by atoms with van der Waals surface area (Å²) in [6, 6.07) is 17.7. The van der Waals surface area contributed by atoms with Gasteiger partial charge >= 0.3 is 0 Å². The first-order valence-corrected chi connectivity index (χ1v) is 15.2. The van der Waals surface area contributed by atoms with Crippen molar-refractivity contribution in [3.63, 3.8) is 0 Å². The number of phenolic OH excluding ortho intramolecular Hbond substituents is 1. The molecule has 0 radical (unpaired) electrons. The maximum absolute atomic E-state index is 13.5. The van der Waals surface area contributed by atoms with E-state index in [1.165, 1.54) is 43.8 Å². The van der Waals surface area contributed by atoms with Gasteiger partial charge in [0.05, 0.1) is 38.4 Å². The summed E-state index contributed by atoms with van der Waals surface area (Å²) in [5.74, 6) is 0.808. The Hall–Kier alpha value is -3.80. The maximum Gasteiger partial charge on any atom is 0.243 e. The van der Waals surface area contributed by atoms with Crippen LogP contribution in [0.1, 0.15) is 30.9 Å². The van der Waals surface area contributed by atoms with E-state index in [0.717, 1.165) is 5.56 Å². The summed E-state index contributed by atoms with van der Waals surface area (Å²) in [5, 5.41) is 24.3. The number of ether oxygens (including phenoxy) is 3. The summed E-state index contributed by atoms with van der Waals surface area (Å²) in [6.07, 6.45) is -0.0155. The van der Waals surface area contributed by atoms with Crippen LogP contribution in [0.2, 0.25) is 0 Å². The zero-order valence-electron chi connectivity index (χ0n) is 24.4.